The number of hydrogen-bond acceptors (Lipinski definition) is 2. The fourth-order valence-corrected chi connectivity index (χ4v) is 2.55. The lowest BCUT2D eigenvalue weighted by molar-refractivity contribution is 0.363. The normalized spacial score (nSPS) is 19.9. The Morgan fingerprint density at radius 1 is 1.22 bits per heavy atom. The van der Waals surface area contributed by atoms with Gasteiger partial charge in [0.05, 0.1) is 12.0 Å². The van der Waals surface area contributed by atoms with Crippen LogP contribution in [0.1, 0.15) is 19.3 Å². The molecule has 2 aromatic rings. The second-order valence-electron chi connectivity index (χ2n) is 4.97. The number of benzene rings is 1. The van der Waals surface area contributed by atoms with Crippen LogP contribution in [-0.2, 0) is 6.54 Å². The molecule has 1 N–H and O–H groups in total. The topological polar surface area (TPSA) is 29.9 Å². The zero-order valence-corrected chi connectivity index (χ0v) is 10.5. The minimum Gasteiger partial charge on any atom is -0.335 e. The Hall–Kier alpha value is -1.61. The highest BCUT2D eigenvalue weighted by Gasteiger charge is 2.13. The monoisotopic (exact) mass is 241 g/mol. The van der Waals surface area contributed by atoms with E-state index < -0.39 is 0 Å². The van der Waals surface area contributed by atoms with Crippen molar-refractivity contribution in [1.82, 2.24) is 14.9 Å². The predicted octanol–water partition coefficient (Wildman–Crippen LogP) is 2.69. The van der Waals surface area contributed by atoms with Crippen molar-refractivity contribution in [2.75, 3.05) is 6.54 Å². The molecule has 3 nitrogen and oxygen atoms in total. The molecule has 0 spiro atoms. The molecule has 0 bridgehead atoms. The van der Waals surface area contributed by atoms with Gasteiger partial charge in [0.15, 0.2) is 0 Å². The van der Waals surface area contributed by atoms with Crippen LogP contribution in [0.15, 0.2) is 42.9 Å². The number of hydrogen-bond donors (Lipinski definition) is 1. The molecule has 94 valence electrons. The fraction of sp³-hybridized carbons (Fsp3) is 0.400. The molecule has 1 unspecified atom stereocenters. The maximum atomic E-state index is 4.49. The number of rotatable bonds is 3. The number of piperidine rings is 1. The summed E-state index contributed by atoms with van der Waals surface area (Å²) in [5, 5.41) is 3.57. The molecule has 1 aromatic heterocycles. The van der Waals surface area contributed by atoms with E-state index in [1.165, 1.54) is 24.8 Å². The Balaban J connectivity index is 1.69. The van der Waals surface area contributed by atoms with E-state index in [2.05, 4.69) is 45.3 Å². The third-order valence-corrected chi connectivity index (χ3v) is 3.55. The van der Waals surface area contributed by atoms with Gasteiger partial charge in [-0.05, 0) is 19.4 Å². The Kier molecular flexibility index (Phi) is 3.42. The molecule has 1 saturated heterocycles. The maximum absolute atomic E-state index is 4.49. The summed E-state index contributed by atoms with van der Waals surface area (Å²) in [6.07, 6.45) is 8.02. The van der Waals surface area contributed by atoms with Crippen molar-refractivity contribution >= 4 is 0 Å². The molecule has 0 saturated carbocycles. The quantitative estimate of drug-likeness (QED) is 0.895. The highest BCUT2D eigenvalue weighted by atomic mass is 15.1. The molecule has 1 aromatic carbocycles. The zero-order valence-electron chi connectivity index (χ0n) is 10.5. The van der Waals surface area contributed by atoms with Crippen LogP contribution in [-0.4, -0.2) is 22.1 Å². The van der Waals surface area contributed by atoms with E-state index in [9.17, 15) is 0 Å². The van der Waals surface area contributed by atoms with Crippen LogP contribution < -0.4 is 5.32 Å². The van der Waals surface area contributed by atoms with Crippen LogP contribution in [0.3, 0.4) is 0 Å². The minimum atomic E-state index is 0.608. The molecule has 1 aliphatic rings. The molecule has 1 aliphatic heterocycles. The highest BCUT2D eigenvalue weighted by molar-refractivity contribution is 5.57. The number of nitrogens with zero attached hydrogens (tertiary/aromatic N) is 2. The first-order valence-electron chi connectivity index (χ1n) is 6.72. The second kappa shape index (κ2) is 5.36. The van der Waals surface area contributed by atoms with Crippen LogP contribution in [0.2, 0.25) is 0 Å². The Bertz CT molecular complexity index is 483. The maximum Gasteiger partial charge on any atom is 0.0954 e. The fourth-order valence-electron chi connectivity index (χ4n) is 2.55. The smallest absolute Gasteiger partial charge is 0.0954 e. The summed E-state index contributed by atoms with van der Waals surface area (Å²) >= 11 is 0. The third-order valence-electron chi connectivity index (χ3n) is 3.55. The van der Waals surface area contributed by atoms with Gasteiger partial charge in [0, 0.05) is 24.3 Å². The third kappa shape index (κ3) is 2.62. The molecule has 1 atom stereocenters. The average molecular weight is 241 g/mol. The molecule has 3 heteroatoms. The molecule has 1 fully saturated rings. The molecule has 0 amide bonds. The van der Waals surface area contributed by atoms with Gasteiger partial charge in [-0.25, -0.2) is 4.98 Å². The van der Waals surface area contributed by atoms with Gasteiger partial charge in [-0.15, -0.1) is 0 Å². The lowest BCUT2D eigenvalue weighted by Gasteiger charge is -2.23. The molecular weight excluding hydrogens is 222 g/mol. The second-order valence-corrected chi connectivity index (χ2v) is 4.97. The van der Waals surface area contributed by atoms with E-state index in [1.807, 2.05) is 12.4 Å². The molecular formula is C15H19N3. The van der Waals surface area contributed by atoms with Crippen molar-refractivity contribution in [2.45, 2.75) is 31.8 Å². The van der Waals surface area contributed by atoms with Crippen molar-refractivity contribution in [3.05, 3.63) is 42.9 Å². The Labute approximate surface area is 108 Å². The first-order valence-corrected chi connectivity index (χ1v) is 6.72. The SMILES string of the molecule is c1ccc(-c2cn(CC3CCCCN3)cn2)cc1. The minimum absolute atomic E-state index is 0.608. The molecule has 3 rings (SSSR count). The van der Waals surface area contributed by atoms with E-state index >= 15 is 0 Å². The summed E-state index contributed by atoms with van der Waals surface area (Å²) in [5.41, 5.74) is 2.25. The summed E-state index contributed by atoms with van der Waals surface area (Å²) in [6, 6.07) is 11.0. The summed E-state index contributed by atoms with van der Waals surface area (Å²) < 4.78 is 2.20. The average Bonchev–Trinajstić information content (AvgIpc) is 2.89. The van der Waals surface area contributed by atoms with Crippen LogP contribution in [0.25, 0.3) is 11.3 Å². The summed E-state index contributed by atoms with van der Waals surface area (Å²) in [6.45, 7) is 2.19. The van der Waals surface area contributed by atoms with Gasteiger partial charge in [-0.1, -0.05) is 36.8 Å². The molecule has 2 heterocycles. The van der Waals surface area contributed by atoms with Crippen molar-refractivity contribution < 1.29 is 0 Å². The van der Waals surface area contributed by atoms with Crippen LogP contribution in [0, 0.1) is 0 Å². The van der Waals surface area contributed by atoms with Gasteiger partial charge in [0.2, 0.25) is 0 Å². The molecule has 0 aliphatic carbocycles. The highest BCUT2D eigenvalue weighted by Crippen LogP contribution is 2.17. The largest absolute Gasteiger partial charge is 0.335 e. The number of aromatic nitrogens is 2. The first-order chi connectivity index (χ1) is 8.92. The van der Waals surface area contributed by atoms with E-state index in [-0.39, 0.29) is 0 Å². The number of imidazole rings is 1. The molecule has 18 heavy (non-hydrogen) atoms. The zero-order chi connectivity index (χ0) is 12.2. The molecule has 0 radical (unpaired) electrons. The van der Waals surface area contributed by atoms with Crippen LogP contribution in [0.4, 0.5) is 0 Å². The van der Waals surface area contributed by atoms with Gasteiger partial charge < -0.3 is 9.88 Å². The number of nitrogens with one attached hydrogen (secondary N) is 1. The predicted molar refractivity (Wildman–Crippen MR) is 73.3 cm³/mol. The summed E-state index contributed by atoms with van der Waals surface area (Å²) in [4.78, 5) is 4.49. The van der Waals surface area contributed by atoms with Crippen LogP contribution in [0.5, 0.6) is 0 Å². The van der Waals surface area contributed by atoms with Gasteiger partial charge >= 0.3 is 0 Å². The Morgan fingerprint density at radius 2 is 2.11 bits per heavy atom. The van der Waals surface area contributed by atoms with Crippen molar-refractivity contribution in [2.24, 2.45) is 0 Å². The summed E-state index contributed by atoms with van der Waals surface area (Å²) in [5.74, 6) is 0. The van der Waals surface area contributed by atoms with Crippen molar-refractivity contribution in [3.63, 3.8) is 0 Å². The van der Waals surface area contributed by atoms with E-state index in [0.29, 0.717) is 6.04 Å². The van der Waals surface area contributed by atoms with Gasteiger partial charge in [0.1, 0.15) is 0 Å². The van der Waals surface area contributed by atoms with Crippen LogP contribution >= 0.6 is 0 Å². The standard InChI is InChI=1S/C15H19N3/c1-2-6-13(7-3-1)15-11-18(12-17-15)10-14-8-4-5-9-16-14/h1-3,6-7,11-12,14,16H,4-5,8-10H2. The van der Waals surface area contributed by atoms with Gasteiger partial charge in [-0.3, -0.25) is 0 Å². The lowest BCUT2D eigenvalue weighted by atomic mass is 10.1. The van der Waals surface area contributed by atoms with Gasteiger partial charge in [0.25, 0.3) is 0 Å². The van der Waals surface area contributed by atoms with Gasteiger partial charge in [-0.2, -0.15) is 0 Å². The van der Waals surface area contributed by atoms with Crippen molar-refractivity contribution in [3.8, 4) is 11.3 Å². The lowest BCUT2D eigenvalue weighted by Crippen LogP contribution is -2.37. The summed E-state index contributed by atoms with van der Waals surface area (Å²) in [7, 11) is 0. The van der Waals surface area contributed by atoms with E-state index in [0.717, 1.165) is 18.8 Å². The van der Waals surface area contributed by atoms with Crippen molar-refractivity contribution in [1.29, 1.82) is 0 Å². The van der Waals surface area contributed by atoms with E-state index in [4.69, 9.17) is 0 Å². The Morgan fingerprint density at radius 3 is 2.89 bits per heavy atom. The first kappa shape index (κ1) is 11.5. The van der Waals surface area contributed by atoms with E-state index in [1.54, 1.807) is 0 Å².